The van der Waals surface area contributed by atoms with Gasteiger partial charge in [0.2, 0.25) is 0 Å². The van der Waals surface area contributed by atoms with Gasteiger partial charge in [-0.15, -0.1) is 0 Å². The predicted octanol–water partition coefficient (Wildman–Crippen LogP) is 18.0. The molecule has 0 bridgehead atoms. The molecule has 0 fully saturated rings. The van der Waals surface area contributed by atoms with Crippen LogP contribution in [0.3, 0.4) is 0 Å². The highest BCUT2D eigenvalue weighted by molar-refractivity contribution is 6.14. The number of aromatic nitrogens is 3. The maximum absolute atomic E-state index is 6.69. The van der Waals surface area contributed by atoms with Crippen LogP contribution in [-0.4, -0.2) is 15.0 Å². The van der Waals surface area contributed by atoms with E-state index in [1.807, 2.05) is 97.1 Å². The molecule has 0 unspecified atom stereocenters. The van der Waals surface area contributed by atoms with E-state index in [-0.39, 0.29) is 0 Å². The Kier molecular flexibility index (Phi) is 8.87. The van der Waals surface area contributed by atoms with Gasteiger partial charge in [0, 0.05) is 71.2 Å². The lowest BCUT2D eigenvalue weighted by Gasteiger charge is -2.42. The molecule has 4 aromatic heterocycles. The molecule has 15 rings (SSSR count). The van der Waals surface area contributed by atoms with Gasteiger partial charge in [-0.05, 0) is 82.9 Å². The molecule has 0 saturated heterocycles. The number of fused-ring (bicyclic) bond motifs is 11. The first-order valence-corrected chi connectivity index (χ1v) is 24.7. The minimum absolute atomic E-state index is 0.443. The summed E-state index contributed by atoms with van der Waals surface area (Å²) in [5.74, 6) is 1.78. The summed E-state index contributed by atoms with van der Waals surface area (Å²) < 4.78 is 20.0. The van der Waals surface area contributed by atoms with Gasteiger partial charge in [0.25, 0.3) is 0 Å². The summed E-state index contributed by atoms with van der Waals surface area (Å²) in [6.07, 6.45) is 0. The average molecular weight is 939 g/mol. The minimum atomic E-state index is -0.443. The molecule has 1 aliphatic heterocycles. The number of nitrogens with zero attached hydrogens (tertiary/aromatic N) is 4. The molecule has 0 saturated carbocycles. The number of anilines is 3. The van der Waals surface area contributed by atoms with Gasteiger partial charge in [0.1, 0.15) is 33.5 Å². The number of hydrogen-bond donors (Lipinski definition) is 0. The molecule has 14 aromatic rings. The van der Waals surface area contributed by atoms with Crippen LogP contribution in [0.15, 0.2) is 232 Å². The van der Waals surface area contributed by atoms with E-state index in [1.54, 1.807) is 0 Å². The van der Waals surface area contributed by atoms with Gasteiger partial charge >= 0.3 is 0 Å². The fourth-order valence-electron chi connectivity index (χ4n) is 11.4. The third kappa shape index (κ3) is 6.35. The van der Waals surface area contributed by atoms with Gasteiger partial charge in [-0.2, -0.15) is 0 Å². The first kappa shape index (κ1) is 41.2. The normalized spacial score (nSPS) is 13.2. The molecular formula is C66H42N4O3. The lowest BCUT2D eigenvalue weighted by Crippen LogP contribution is -2.30. The highest BCUT2D eigenvalue weighted by Crippen LogP contribution is 2.55. The molecular weight excluding hydrogens is 897 g/mol. The predicted molar refractivity (Wildman–Crippen MR) is 296 cm³/mol. The zero-order valence-corrected chi connectivity index (χ0v) is 39.8. The molecule has 0 amide bonds. The molecule has 7 nitrogen and oxygen atoms in total. The average Bonchev–Trinajstić information content (AvgIpc) is 4.16. The van der Waals surface area contributed by atoms with E-state index in [1.165, 1.54) is 11.1 Å². The second-order valence-corrected chi connectivity index (χ2v) is 19.5. The van der Waals surface area contributed by atoms with E-state index in [9.17, 15) is 0 Å². The molecule has 1 aliphatic rings. The zero-order chi connectivity index (χ0) is 48.4. The molecule has 344 valence electrons. The van der Waals surface area contributed by atoms with Crippen LogP contribution in [-0.2, 0) is 5.41 Å². The summed E-state index contributed by atoms with van der Waals surface area (Å²) in [5.41, 5.74) is 17.1. The summed E-state index contributed by atoms with van der Waals surface area (Å²) >= 11 is 0. The summed E-state index contributed by atoms with van der Waals surface area (Å²) in [6, 6.07) is 76.1. The Morgan fingerprint density at radius 2 is 0.808 bits per heavy atom. The molecule has 5 heterocycles. The quantitative estimate of drug-likeness (QED) is 0.164. The molecule has 0 atom stereocenters. The second-order valence-electron chi connectivity index (χ2n) is 19.5. The van der Waals surface area contributed by atoms with Gasteiger partial charge in [-0.1, -0.05) is 172 Å². The first-order chi connectivity index (χ1) is 35.9. The lowest BCUT2D eigenvalue weighted by molar-refractivity contribution is 0.632. The fourth-order valence-corrected chi connectivity index (χ4v) is 11.4. The van der Waals surface area contributed by atoms with Crippen molar-refractivity contribution < 1.29 is 13.3 Å². The molecule has 0 spiro atoms. The Morgan fingerprint density at radius 1 is 0.342 bits per heavy atom. The van der Waals surface area contributed by atoms with Crippen molar-refractivity contribution in [1.29, 1.82) is 0 Å². The Hall–Kier alpha value is -9.59. The van der Waals surface area contributed by atoms with Crippen LogP contribution in [0.5, 0.6) is 0 Å². The topological polar surface area (TPSA) is 81.3 Å². The summed E-state index contributed by atoms with van der Waals surface area (Å²) in [5, 5.41) is 6.32. The number of benzene rings is 10. The van der Waals surface area contributed by atoms with E-state index < -0.39 is 5.41 Å². The zero-order valence-electron chi connectivity index (χ0n) is 39.8. The van der Waals surface area contributed by atoms with Crippen molar-refractivity contribution in [2.45, 2.75) is 19.3 Å². The maximum atomic E-state index is 6.69. The highest BCUT2D eigenvalue weighted by atomic mass is 16.3. The van der Waals surface area contributed by atoms with Crippen molar-refractivity contribution in [1.82, 2.24) is 15.0 Å². The molecule has 7 heteroatoms. The Morgan fingerprint density at radius 3 is 1.38 bits per heavy atom. The molecule has 0 aliphatic carbocycles. The van der Waals surface area contributed by atoms with Crippen LogP contribution in [0, 0.1) is 0 Å². The van der Waals surface area contributed by atoms with E-state index in [4.69, 9.17) is 28.2 Å². The van der Waals surface area contributed by atoms with Crippen molar-refractivity contribution in [3.05, 3.63) is 230 Å². The third-order valence-corrected chi connectivity index (χ3v) is 14.9. The molecule has 10 aromatic carbocycles. The monoisotopic (exact) mass is 938 g/mol. The first-order valence-electron chi connectivity index (χ1n) is 24.7. The van der Waals surface area contributed by atoms with Gasteiger partial charge in [0.15, 0.2) is 17.5 Å². The summed E-state index contributed by atoms with van der Waals surface area (Å²) in [7, 11) is 0. The Bertz CT molecular complexity index is 4320. The molecule has 0 N–H and O–H groups in total. The molecule has 73 heavy (non-hydrogen) atoms. The minimum Gasteiger partial charge on any atom is -0.456 e. The van der Waals surface area contributed by atoms with Crippen molar-refractivity contribution in [3.63, 3.8) is 0 Å². The molecule has 0 radical (unpaired) electrons. The van der Waals surface area contributed by atoms with Crippen LogP contribution in [0.2, 0.25) is 0 Å². The SMILES string of the molecule is CC1(C)c2cc(-c3cccc4c3oc3ccccc34)ccc2N(c2ccc3oc4cccc(-c5nc(-c6ccccc6)nc(-c6ccccc6)n5)c4c3c2)c2ccc(-c3cccc4c3oc3ccccc34)cc21. The smallest absolute Gasteiger partial charge is 0.164 e. The Balaban J connectivity index is 0.945. The van der Waals surface area contributed by atoms with E-state index in [2.05, 4.69) is 140 Å². The number of rotatable bonds is 6. The largest absolute Gasteiger partial charge is 0.456 e. The van der Waals surface area contributed by atoms with Crippen LogP contribution in [0.25, 0.3) is 122 Å². The Labute approximate surface area is 419 Å². The maximum Gasteiger partial charge on any atom is 0.164 e. The van der Waals surface area contributed by atoms with Crippen molar-refractivity contribution in [2.24, 2.45) is 0 Å². The van der Waals surface area contributed by atoms with Crippen molar-refractivity contribution in [3.8, 4) is 56.4 Å². The number of hydrogen-bond acceptors (Lipinski definition) is 7. The van der Waals surface area contributed by atoms with Crippen LogP contribution in [0.4, 0.5) is 17.1 Å². The van der Waals surface area contributed by atoms with Crippen molar-refractivity contribution in [2.75, 3.05) is 4.90 Å². The summed E-state index contributed by atoms with van der Waals surface area (Å²) in [6.45, 7) is 4.70. The number of para-hydroxylation sites is 4. The van der Waals surface area contributed by atoms with E-state index >= 15 is 0 Å². The summed E-state index contributed by atoms with van der Waals surface area (Å²) in [4.78, 5) is 17.7. The van der Waals surface area contributed by atoms with Crippen LogP contribution >= 0.6 is 0 Å². The van der Waals surface area contributed by atoms with Crippen molar-refractivity contribution >= 4 is 82.9 Å². The van der Waals surface area contributed by atoms with E-state index in [0.29, 0.717) is 17.5 Å². The van der Waals surface area contributed by atoms with Gasteiger partial charge in [-0.3, -0.25) is 0 Å². The van der Waals surface area contributed by atoms with E-state index in [0.717, 1.165) is 122 Å². The van der Waals surface area contributed by atoms with Gasteiger partial charge in [0.05, 0.1) is 11.4 Å². The van der Waals surface area contributed by atoms with Gasteiger partial charge in [-0.25, -0.2) is 15.0 Å². The highest BCUT2D eigenvalue weighted by Gasteiger charge is 2.38. The second kappa shape index (κ2) is 15.7. The lowest BCUT2D eigenvalue weighted by atomic mass is 9.72. The van der Waals surface area contributed by atoms with Crippen LogP contribution < -0.4 is 4.90 Å². The van der Waals surface area contributed by atoms with Crippen LogP contribution in [0.1, 0.15) is 25.0 Å². The fraction of sp³-hybridized carbons (Fsp3) is 0.0455. The third-order valence-electron chi connectivity index (χ3n) is 14.9. The standard InChI is InChI=1S/C66H42N4O3/c1-66(2)52-36-41(44-22-13-24-48-46-20-9-11-27-56(46)72-61(44)48)30-33-54(52)70(55-34-31-42(37-53(55)66)45-23-14-25-49-47-21-10-12-28-57(47)73-62(45)49)43-32-35-58-51(38-43)60-50(26-15-29-59(60)71-58)65-68-63(39-16-5-3-6-17-39)67-64(69-65)40-18-7-4-8-19-40/h3-38H,1-2H3. The van der Waals surface area contributed by atoms with Gasteiger partial charge < -0.3 is 18.2 Å². The number of furan rings is 3.